The molecule has 1 rings (SSSR count). The van der Waals surface area contributed by atoms with Crippen LogP contribution in [0.4, 0.5) is 5.69 Å². The predicted octanol–water partition coefficient (Wildman–Crippen LogP) is -0.470. The van der Waals surface area contributed by atoms with Crippen molar-refractivity contribution >= 4 is 12.1 Å². The standard InChI is InChI=1S/C8H11N3O2/c1-6-3-7(11(9)5-12)4-8(13)10(6)2/h3-5H,9H2,1-2H3. The lowest BCUT2D eigenvalue weighted by molar-refractivity contribution is -0.107. The van der Waals surface area contributed by atoms with Gasteiger partial charge in [0.25, 0.3) is 5.56 Å². The second kappa shape index (κ2) is 3.40. The van der Waals surface area contributed by atoms with Gasteiger partial charge in [0.2, 0.25) is 6.41 Å². The lowest BCUT2D eigenvalue weighted by atomic mass is 10.3. The Hall–Kier alpha value is -1.62. The number of anilines is 1. The van der Waals surface area contributed by atoms with E-state index >= 15 is 0 Å². The van der Waals surface area contributed by atoms with E-state index in [0.717, 1.165) is 10.7 Å². The molecule has 2 N–H and O–H groups in total. The first-order valence-corrected chi connectivity index (χ1v) is 3.73. The van der Waals surface area contributed by atoms with Crippen LogP contribution in [0.15, 0.2) is 16.9 Å². The van der Waals surface area contributed by atoms with E-state index in [2.05, 4.69) is 0 Å². The van der Waals surface area contributed by atoms with Gasteiger partial charge in [0.15, 0.2) is 0 Å². The summed E-state index contributed by atoms with van der Waals surface area (Å²) in [5.74, 6) is 5.30. The Morgan fingerprint density at radius 2 is 2.15 bits per heavy atom. The third kappa shape index (κ3) is 1.75. The van der Waals surface area contributed by atoms with Gasteiger partial charge < -0.3 is 4.57 Å². The van der Waals surface area contributed by atoms with Gasteiger partial charge in [-0.3, -0.25) is 14.6 Å². The van der Waals surface area contributed by atoms with Gasteiger partial charge >= 0.3 is 0 Å². The summed E-state index contributed by atoms with van der Waals surface area (Å²) < 4.78 is 1.47. The summed E-state index contributed by atoms with van der Waals surface area (Å²) in [6.07, 6.45) is 0.453. The minimum Gasteiger partial charge on any atom is -0.316 e. The van der Waals surface area contributed by atoms with E-state index in [1.807, 2.05) is 0 Å². The minimum absolute atomic E-state index is 0.188. The van der Waals surface area contributed by atoms with Gasteiger partial charge in [-0.1, -0.05) is 0 Å². The maximum absolute atomic E-state index is 11.2. The normalized spacial score (nSPS) is 9.77. The number of aryl methyl sites for hydroxylation is 1. The molecule has 0 aliphatic rings. The molecule has 0 aliphatic carbocycles. The highest BCUT2D eigenvalue weighted by Crippen LogP contribution is 2.07. The molecule has 1 aromatic rings. The zero-order valence-corrected chi connectivity index (χ0v) is 7.52. The second-order valence-corrected chi connectivity index (χ2v) is 2.76. The topological polar surface area (TPSA) is 68.3 Å². The lowest BCUT2D eigenvalue weighted by Gasteiger charge is -2.11. The smallest absolute Gasteiger partial charge is 0.252 e. The van der Waals surface area contributed by atoms with E-state index < -0.39 is 0 Å². The number of rotatable bonds is 2. The van der Waals surface area contributed by atoms with Crippen molar-refractivity contribution in [3.8, 4) is 0 Å². The minimum atomic E-state index is -0.188. The number of nitrogens with two attached hydrogens (primary N) is 1. The Kier molecular flexibility index (Phi) is 2.48. The fraction of sp³-hybridized carbons (Fsp3) is 0.250. The van der Waals surface area contributed by atoms with Crippen molar-refractivity contribution in [1.29, 1.82) is 0 Å². The number of carbonyl (C=O) groups excluding carboxylic acids is 1. The summed E-state index contributed by atoms with van der Waals surface area (Å²) in [7, 11) is 1.66. The average Bonchev–Trinajstić information content (AvgIpc) is 2.12. The first-order valence-electron chi connectivity index (χ1n) is 3.73. The van der Waals surface area contributed by atoms with Gasteiger partial charge in [-0.2, -0.15) is 0 Å². The third-order valence-corrected chi connectivity index (χ3v) is 1.90. The van der Waals surface area contributed by atoms with Crippen LogP contribution >= 0.6 is 0 Å². The van der Waals surface area contributed by atoms with Crippen LogP contribution in [-0.2, 0) is 11.8 Å². The molecular weight excluding hydrogens is 170 g/mol. The van der Waals surface area contributed by atoms with Crippen molar-refractivity contribution in [3.63, 3.8) is 0 Å². The molecule has 0 saturated heterocycles. The van der Waals surface area contributed by atoms with E-state index in [0.29, 0.717) is 12.1 Å². The number of amides is 1. The van der Waals surface area contributed by atoms with Gasteiger partial charge in [-0.25, -0.2) is 5.84 Å². The Morgan fingerprint density at radius 3 is 2.62 bits per heavy atom. The molecule has 1 aromatic heterocycles. The average molecular weight is 181 g/mol. The summed E-state index contributed by atoms with van der Waals surface area (Å²) in [6, 6.07) is 2.97. The highest BCUT2D eigenvalue weighted by Gasteiger charge is 2.03. The fourth-order valence-electron chi connectivity index (χ4n) is 0.960. The molecule has 0 unspecified atom stereocenters. The fourth-order valence-corrected chi connectivity index (χ4v) is 0.960. The number of hydrogen-bond donors (Lipinski definition) is 1. The van der Waals surface area contributed by atoms with Crippen LogP contribution in [-0.4, -0.2) is 11.0 Å². The van der Waals surface area contributed by atoms with E-state index in [1.54, 1.807) is 20.0 Å². The molecule has 1 amide bonds. The summed E-state index contributed by atoms with van der Waals surface area (Å²) in [5.41, 5.74) is 0.961. The predicted molar refractivity (Wildman–Crippen MR) is 49.2 cm³/mol. The van der Waals surface area contributed by atoms with Gasteiger partial charge in [-0.15, -0.1) is 0 Å². The van der Waals surface area contributed by atoms with E-state index in [1.165, 1.54) is 10.6 Å². The Bertz CT molecular complexity index is 383. The summed E-state index contributed by atoms with van der Waals surface area (Å²) in [5, 5.41) is 0.869. The lowest BCUT2D eigenvalue weighted by Crippen LogP contribution is -2.31. The Morgan fingerprint density at radius 1 is 1.54 bits per heavy atom. The van der Waals surface area contributed by atoms with Crippen LogP contribution in [0, 0.1) is 6.92 Å². The Labute approximate surface area is 75.3 Å². The molecule has 0 bridgehead atoms. The molecule has 0 aromatic carbocycles. The first-order chi connectivity index (χ1) is 6.06. The number of aromatic nitrogens is 1. The monoisotopic (exact) mass is 181 g/mol. The molecule has 5 heteroatoms. The van der Waals surface area contributed by atoms with Crippen LogP contribution in [0.2, 0.25) is 0 Å². The van der Waals surface area contributed by atoms with E-state index in [9.17, 15) is 9.59 Å². The van der Waals surface area contributed by atoms with Crippen LogP contribution in [0.3, 0.4) is 0 Å². The highest BCUT2D eigenvalue weighted by molar-refractivity contribution is 5.73. The highest BCUT2D eigenvalue weighted by atomic mass is 16.1. The molecule has 1 heterocycles. The SMILES string of the molecule is Cc1cc(N(N)C=O)cc(=O)n1C. The van der Waals surface area contributed by atoms with Crippen molar-refractivity contribution in [3.05, 3.63) is 28.2 Å². The maximum Gasteiger partial charge on any atom is 0.252 e. The summed E-state index contributed by atoms with van der Waals surface area (Å²) >= 11 is 0. The summed E-state index contributed by atoms with van der Waals surface area (Å²) in [4.78, 5) is 21.6. The Balaban J connectivity index is 3.28. The largest absolute Gasteiger partial charge is 0.316 e. The van der Waals surface area contributed by atoms with Gasteiger partial charge in [0, 0.05) is 18.8 Å². The number of hydrazine groups is 1. The maximum atomic E-state index is 11.2. The number of carbonyl (C=O) groups is 1. The van der Waals surface area contributed by atoms with Crippen LogP contribution in [0.1, 0.15) is 5.69 Å². The summed E-state index contributed by atoms with van der Waals surface area (Å²) in [6.45, 7) is 1.77. The molecule has 0 fully saturated rings. The molecule has 70 valence electrons. The van der Waals surface area contributed by atoms with Crippen molar-refractivity contribution < 1.29 is 4.79 Å². The van der Waals surface area contributed by atoms with Gasteiger partial charge in [0.05, 0.1) is 5.69 Å². The number of hydrogen-bond acceptors (Lipinski definition) is 3. The molecule has 13 heavy (non-hydrogen) atoms. The third-order valence-electron chi connectivity index (χ3n) is 1.90. The van der Waals surface area contributed by atoms with Gasteiger partial charge in [-0.05, 0) is 13.0 Å². The quantitative estimate of drug-likeness (QED) is 0.290. The van der Waals surface area contributed by atoms with Crippen molar-refractivity contribution in [2.45, 2.75) is 6.92 Å². The van der Waals surface area contributed by atoms with Crippen molar-refractivity contribution in [2.75, 3.05) is 5.01 Å². The second-order valence-electron chi connectivity index (χ2n) is 2.76. The molecule has 0 saturated carbocycles. The van der Waals surface area contributed by atoms with E-state index in [4.69, 9.17) is 5.84 Å². The van der Waals surface area contributed by atoms with Crippen LogP contribution in [0.25, 0.3) is 0 Å². The molecule has 0 atom stereocenters. The van der Waals surface area contributed by atoms with E-state index in [-0.39, 0.29) is 5.56 Å². The number of pyridine rings is 1. The zero-order valence-electron chi connectivity index (χ0n) is 7.52. The molecule has 0 aliphatic heterocycles. The molecule has 5 nitrogen and oxygen atoms in total. The molecule has 0 spiro atoms. The van der Waals surface area contributed by atoms with Crippen molar-refractivity contribution in [1.82, 2.24) is 4.57 Å². The number of nitrogens with zero attached hydrogens (tertiary/aromatic N) is 2. The van der Waals surface area contributed by atoms with Gasteiger partial charge in [0.1, 0.15) is 0 Å². The zero-order chi connectivity index (χ0) is 10.0. The molecule has 0 radical (unpaired) electrons. The van der Waals surface area contributed by atoms with Crippen LogP contribution < -0.4 is 16.4 Å². The van der Waals surface area contributed by atoms with Crippen molar-refractivity contribution in [2.24, 2.45) is 12.9 Å². The molecular formula is C8H11N3O2. The first kappa shape index (κ1) is 9.47. The van der Waals surface area contributed by atoms with Crippen LogP contribution in [0.5, 0.6) is 0 Å².